The van der Waals surface area contributed by atoms with Gasteiger partial charge in [0.05, 0.1) is 30.7 Å². The first-order valence-electron chi connectivity index (χ1n) is 11.9. The lowest BCUT2D eigenvalue weighted by Gasteiger charge is -2.58. The lowest BCUT2D eigenvalue weighted by atomic mass is 9.60. The minimum atomic E-state index is -4.55. The highest BCUT2D eigenvalue weighted by Gasteiger charge is 2.54. The van der Waals surface area contributed by atoms with Crippen molar-refractivity contribution in [1.29, 1.82) is 0 Å². The van der Waals surface area contributed by atoms with Crippen LogP contribution in [0.1, 0.15) is 28.8 Å². The molecule has 1 aromatic carbocycles. The summed E-state index contributed by atoms with van der Waals surface area (Å²) in [5.74, 6) is 0.0766. The number of ether oxygens (including phenoxy) is 2. The Bertz CT molecular complexity index is 1360. The van der Waals surface area contributed by atoms with Gasteiger partial charge in [-0.3, -0.25) is 4.79 Å². The Balaban J connectivity index is 1.04. The number of amides is 3. The normalized spacial score (nSPS) is 19.3. The van der Waals surface area contributed by atoms with E-state index in [1.807, 2.05) is 17.8 Å². The van der Waals surface area contributed by atoms with Crippen LogP contribution in [0, 0.1) is 5.41 Å². The van der Waals surface area contributed by atoms with Crippen molar-refractivity contribution in [3.05, 3.63) is 47.9 Å². The maximum atomic E-state index is 13.2. The minimum Gasteiger partial charge on any atom is -0.483 e. The predicted octanol–water partition coefficient (Wildman–Crippen LogP) is 2.90. The van der Waals surface area contributed by atoms with Crippen LogP contribution in [-0.2, 0) is 18.0 Å². The number of fused-ring (bicyclic) bond motifs is 1. The second-order valence-corrected chi connectivity index (χ2v) is 10.1. The van der Waals surface area contributed by atoms with Crippen molar-refractivity contribution in [3.63, 3.8) is 0 Å². The first-order chi connectivity index (χ1) is 17.6. The fourth-order valence-corrected chi connectivity index (χ4v) is 5.34. The number of carbonyl (C=O) groups is 2. The summed E-state index contributed by atoms with van der Waals surface area (Å²) in [6.45, 7) is 1.85. The van der Waals surface area contributed by atoms with E-state index in [1.165, 1.54) is 6.07 Å². The molecule has 3 aliphatic rings. The van der Waals surface area contributed by atoms with Crippen molar-refractivity contribution in [2.75, 3.05) is 31.6 Å². The van der Waals surface area contributed by atoms with E-state index in [2.05, 4.69) is 15.7 Å². The topological polar surface area (TPSA) is 102 Å². The SMILES string of the molecule is Cn1ccn2ncc(C(=O)N3CC4(CC(NC(=O)Nc5cc(C(F)(F)F)ccc5OC5COC5)C4)C3)c12. The van der Waals surface area contributed by atoms with E-state index >= 15 is 0 Å². The van der Waals surface area contributed by atoms with Crippen LogP contribution in [0.15, 0.2) is 36.8 Å². The number of aryl methyl sites for hydroxylation is 1. The smallest absolute Gasteiger partial charge is 0.416 e. The van der Waals surface area contributed by atoms with E-state index in [9.17, 15) is 22.8 Å². The molecular formula is C24H25F3N6O4. The lowest BCUT2D eigenvalue weighted by Crippen LogP contribution is -2.67. The van der Waals surface area contributed by atoms with Gasteiger partial charge in [-0.15, -0.1) is 0 Å². The van der Waals surface area contributed by atoms with E-state index in [0.29, 0.717) is 44.7 Å². The number of rotatable bonds is 5. The summed E-state index contributed by atoms with van der Waals surface area (Å²) < 4.78 is 53.9. The molecule has 1 saturated carbocycles. The molecule has 0 bridgehead atoms. The summed E-state index contributed by atoms with van der Waals surface area (Å²) in [5, 5.41) is 9.55. The Morgan fingerprint density at radius 2 is 1.95 bits per heavy atom. The number of imidazole rings is 1. The van der Waals surface area contributed by atoms with Gasteiger partial charge >= 0.3 is 12.2 Å². The van der Waals surface area contributed by atoms with Gasteiger partial charge in [-0.25, -0.2) is 9.31 Å². The third-order valence-electron chi connectivity index (χ3n) is 7.26. The maximum Gasteiger partial charge on any atom is 0.416 e. The fourth-order valence-electron chi connectivity index (χ4n) is 5.34. The summed E-state index contributed by atoms with van der Waals surface area (Å²) in [5.41, 5.74) is 0.291. The highest BCUT2D eigenvalue weighted by atomic mass is 19.4. The predicted molar refractivity (Wildman–Crippen MR) is 124 cm³/mol. The van der Waals surface area contributed by atoms with Crippen LogP contribution in [-0.4, -0.2) is 69.5 Å². The zero-order valence-corrected chi connectivity index (χ0v) is 19.9. The number of likely N-dealkylation sites (tertiary alicyclic amines) is 1. The number of anilines is 1. The van der Waals surface area contributed by atoms with E-state index in [1.54, 1.807) is 21.8 Å². The Morgan fingerprint density at radius 3 is 2.62 bits per heavy atom. The molecule has 3 amide bonds. The molecule has 6 rings (SSSR count). The van der Waals surface area contributed by atoms with Crippen LogP contribution in [0.3, 0.4) is 0 Å². The van der Waals surface area contributed by atoms with Crippen LogP contribution >= 0.6 is 0 Å². The van der Waals surface area contributed by atoms with Crippen molar-refractivity contribution in [1.82, 2.24) is 24.4 Å². The quantitative estimate of drug-likeness (QED) is 0.541. The number of alkyl halides is 3. The summed E-state index contributed by atoms with van der Waals surface area (Å²) in [4.78, 5) is 27.3. The zero-order valence-electron chi connectivity index (χ0n) is 19.9. The van der Waals surface area contributed by atoms with Crippen molar-refractivity contribution in [2.24, 2.45) is 12.5 Å². The summed E-state index contributed by atoms with van der Waals surface area (Å²) >= 11 is 0. The third kappa shape index (κ3) is 4.26. The van der Waals surface area contributed by atoms with Crippen LogP contribution < -0.4 is 15.4 Å². The Labute approximate surface area is 209 Å². The highest BCUT2D eigenvalue weighted by Crippen LogP contribution is 2.49. The highest BCUT2D eigenvalue weighted by molar-refractivity contribution is 6.00. The Morgan fingerprint density at radius 1 is 1.19 bits per heavy atom. The first kappa shape index (κ1) is 23.6. The molecule has 13 heteroatoms. The number of carbonyl (C=O) groups excluding carboxylic acids is 2. The van der Waals surface area contributed by atoms with Crippen molar-refractivity contribution in [2.45, 2.75) is 31.2 Å². The number of benzene rings is 1. The van der Waals surface area contributed by atoms with E-state index in [4.69, 9.17) is 9.47 Å². The van der Waals surface area contributed by atoms with Crippen molar-refractivity contribution in [3.8, 4) is 5.75 Å². The molecule has 10 nitrogen and oxygen atoms in total. The average molecular weight is 518 g/mol. The number of hydrogen-bond donors (Lipinski definition) is 2. The second kappa shape index (κ2) is 8.40. The van der Waals surface area contributed by atoms with Gasteiger partial charge in [-0.1, -0.05) is 0 Å². The summed E-state index contributed by atoms with van der Waals surface area (Å²) in [6.07, 6.45) is 1.74. The zero-order chi connectivity index (χ0) is 25.9. The first-order valence-corrected chi connectivity index (χ1v) is 11.9. The third-order valence-corrected chi connectivity index (χ3v) is 7.26. The van der Waals surface area contributed by atoms with Crippen molar-refractivity contribution >= 4 is 23.3 Å². The number of nitrogens with one attached hydrogen (secondary N) is 2. The molecule has 4 heterocycles. The summed E-state index contributed by atoms with van der Waals surface area (Å²) in [7, 11) is 1.86. The molecule has 2 aromatic heterocycles. The van der Waals surface area contributed by atoms with Crippen molar-refractivity contribution < 1.29 is 32.2 Å². The van der Waals surface area contributed by atoms with Gasteiger partial charge in [-0.2, -0.15) is 18.3 Å². The van der Waals surface area contributed by atoms with Gasteiger partial charge in [0.2, 0.25) is 0 Å². The van der Waals surface area contributed by atoms with E-state index in [-0.39, 0.29) is 34.9 Å². The van der Waals surface area contributed by atoms with Gasteiger partial charge < -0.3 is 29.6 Å². The lowest BCUT2D eigenvalue weighted by molar-refractivity contribution is -0.137. The molecule has 3 aromatic rings. The molecule has 0 radical (unpaired) electrons. The fraction of sp³-hybridized carbons (Fsp3) is 0.458. The average Bonchev–Trinajstić information content (AvgIpc) is 3.34. The molecule has 37 heavy (non-hydrogen) atoms. The molecule has 0 atom stereocenters. The van der Waals surface area contributed by atoms with Crippen LogP contribution in [0.25, 0.3) is 5.65 Å². The van der Waals surface area contributed by atoms with Crippen LogP contribution in [0.2, 0.25) is 0 Å². The van der Waals surface area contributed by atoms with Gasteiger partial charge in [0, 0.05) is 44.0 Å². The maximum absolute atomic E-state index is 13.2. The standard InChI is InChI=1S/C24H25F3N6O4/c1-31-4-5-33-20(31)17(9-28-33)21(34)32-12-23(13-32)7-15(8-23)29-22(35)30-18-6-14(24(25,26)27)2-3-19(18)37-16-10-36-11-16/h2-6,9,15-16H,7-8,10-13H2,1H3,(H2,29,30,35). The second-order valence-electron chi connectivity index (χ2n) is 10.1. The molecule has 2 aliphatic heterocycles. The molecule has 2 saturated heterocycles. The molecule has 196 valence electrons. The van der Waals surface area contributed by atoms with Gasteiger partial charge in [0.15, 0.2) is 0 Å². The molecule has 2 N–H and O–H groups in total. The Hall–Kier alpha value is -3.74. The van der Waals surface area contributed by atoms with E-state index < -0.39 is 17.8 Å². The van der Waals surface area contributed by atoms with Gasteiger partial charge in [0.1, 0.15) is 23.1 Å². The van der Waals surface area contributed by atoms with E-state index in [0.717, 1.165) is 17.8 Å². The van der Waals surface area contributed by atoms with Gasteiger partial charge in [0.25, 0.3) is 5.91 Å². The number of halogens is 3. The minimum absolute atomic E-state index is 0.0528. The Kier molecular flexibility index (Phi) is 5.37. The molecule has 3 fully saturated rings. The van der Waals surface area contributed by atoms with Crippen LogP contribution in [0.5, 0.6) is 5.75 Å². The largest absolute Gasteiger partial charge is 0.483 e. The monoisotopic (exact) mass is 518 g/mol. The molecule has 1 aliphatic carbocycles. The number of nitrogens with zero attached hydrogens (tertiary/aromatic N) is 4. The van der Waals surface area contributed by atoms with Crippen LogP contribution in [0.4, 0.5) is 23.7 Å². The summed E-state index contributed by atoms with van der Waals surface area (Å²) in [6, 6.07) is 2.26. The molecule has 1 spiro atoms. The number of urea groups is 1. The molecular weight excluding hydrogens is 493 g/mol. The number of hydrogen-bond acceptors (Lipinski definition) is 5. The molecule has 0 unspecified atom stereocenters. The number of aromatic nitrogens is 3. The van der Waals surface area contributed by atoms with Gasteiger partial charge in [-0.05, 0) is 31.0 Å².